The Kier molecular flexibility index (Phi) is 7.17. The van der Waals surface area contributed by atoms with Crippen LogP contribution in [0, 0.1) is 0 Å². The van der Waals surface area contributed by atoms with Crippen LogP contribution >= 0.6 is 0 Å². The number of carbonyl (C=O) groups is 2. The lowest BCUT2D eigenvalue weighted by atomic mass is 10.3. The number of amides is 2. The van der Waals surface area contributed by atoms with E-state index in [2.05, 4.69) is 5.32 Å². The van der Waals surface area contributed by atoms with E-state index in [4.69, 9.17) is 4.74 Å². The zero-order chi connectivity index (χ0) is 18.9. The van der Waals surface area contributed by atoms with Crippen LogP contribution in [0.1, 0.15) is 6.92 Å². The number of nitrogens with one attached hydrogen (secondary N) is 2. The van der Waals surface area contributed by atoms with Gasteiger partial charge in [0.15, 0.2) is 13.1 Å². The smallest absolute Gasteiger partial charge is 0.281 e. The quantitative estimate of drug-likeness (QED) is 0.747. The van der Waals surface area contributed by atoms with Gasteiger partial charge in [-0.05, 0) is 43.3 Å². The van der Waals surface area contributed by atoms with Crippen molar-refractivity contribution in [3.8, 4) is 5.75 Å². The van der Waals surface area contributed by atoms with E-state index in [1.165, 1.54) is 0 Å². The number of rotatable bonds is 8. The van der Waals surface area contributed by atoms with Crippen molar-refractivity contribution in [3.05, 3.63) is 54.6 Å². The molecule has 0 saturated heterocycles. The average Bonchev–Trinajstić information content (AvgIpc) is 2.68. The predicted molar refractivity (Wildman–Crippen MR) is 103 cm³/mol. The van der Waals surface area contributed by atoms with Gasteiger partial charge in [0.25, 0.3) is 11.8 Å². The molecule has 2 aromatic carbocycles. The fourth-order valence-electron chi connectivity index (χ4n) is 2.55. The highest BCUT2D eigenvalue weighted by molar-refractivity contribution is 5.94. The molecule has 0 spiro atoms. The monoisotopic (exact) mass is 356 g/mol. The molecular weight excluding hydrogens is 330 g/mol. The number of benzene rings is 2. The molecule has 2 N–H and O–H groups in total. The van der Waals surface area contributed by atoms with Crippen LogP contribution in [0.3, 0.4) is 0 Å². The molecule has 0 saturated carbocycles. The molecule has 0 aliphatic heterocycles. The van der Waals surface area contributed by atoms with E-state index in [9.17, 15) is 9.59 Å². The lowest BCUT2D eigenvalue weighted by Crippen LogP contribution is -3.14. The maximum atomic E-state index is 12.5. The molecule has 2 aromatic rings. The van der Waals surface area contributed by atoms with E-state index >= 15 is 0 Å². The summed E-state index contributed by atoms with van der Waals surface area (Å²) in [7, 11) is 3.35. The zero-order valence-corrected chi connectivity index (χ0v) is 15.5. The van der Waals surface area contributed by atoms with Crippen molar-refractivity contribution < 1.29 is 19.2 Å². The first-order valence-electron chi connectivity index (χ1n) is 8.62. The summed E-state index contributed by atoms with van der Waals surface area (Å²) >= 11 is 0. The van der Waals surface area contributed by atoms with Crippen LogP contribution in [-0.4, -0.2) is 45.6 Å². The van der Waals surface area contributed by atoms with Crippen molar-refractivity contribution in [3.63, 3.8) is 0 Å². The van der Waals surface area contributed by atoms with Crippen molar-refractivity contribution in [1.82, 2.24) is 0 Å². The van der Waals surface area contributed by atoms with E-state index in [-0.39, 0.29) is 24.9 Å². The lowest BCUT2D eigenvalue weighted by Gasteiger charge is -2.21. The van der Waals surface area contributed by atoms with E-state index in [0.717, 1.165) is 16.3 Å². The molecule has 0 aliphatic rings. The van der Waals surface area contributed by atoms with Crippen molar-refractivity contribution >= 4 is 23.2 Å². The summed E-state index contributed by atoms with van der Waals surface area (Å²) in [5.74, 6) is 0.589. The van der Waals surface area contributed by atoms with E-state index in [1.54, 1.807) is 43.3 Å². The van der Waals surface area contributed by atoms with Gasteiger partial charge in [-0.25, -0.2) is 0 Å². The summed E-state index contributed by atoms with van der Waals surface area (Å²) in [6.07, 6.45) is 0. The van der Waals surface area contributed by atoms with Crippen LogP contribution in [0.15, 0.2) is 54.6 Å². The minimum Gasteiger partial charge on any atom is -0.497 e. The Morgan fingerprint density at radius 1 is 1.04 bits per heavy atom. The Morgan fingerprint density at radius 3 is 2.27 bits per heavy atom. The first kappa shape index (κ1) is 19.5. The van der Waals surface area contributed by atoms with E-state index < -0.39 is 0 Å². The molecule has 0 radical (unpaired) electrons. The van der Waals surface area contributed by atoms with Gasteiger partial charge in [-0.3, -0.25) is 9.59 Å². The third-order valence-electron chi connectivity index (χ3n) is 4.20. The first-order chi connectivity index (χ1) is 12.5. The molecule has 6 heteroatoms. The van der Waals surface area contributed by atoms with Gasteiger partial charge >= 0.3 is 0 Å². The number of hydrogen-bond donors (Lipinski definition) is 2. The summed E-state index contributed by atoms with van der Waals surface area (Å²) in [6.45, 7) is 3.14. The van der Waals surface area contributed by atoms with Crippen LogP contribution in [0.25, 0.3) is 0 Å². The first-order valence-corrected chi connectivity index (χ1v) is 8.62. The average molecular weight is 356 g/mol. The van der Waals surface area contributed by atoms with Crippen molar-refractivity contribution in [2.24, 2.45) is 0 Å². The number of methoxy groups -OCH3 is 1. The van der Waals surface area contributed by atoms with Gasteiger partial charge in [0.2, 0.25) is 0 Å². The topological polar surface area (TPSA) is 63.1 Å². The molecule has 0 bridgehead atoms. The summed E-state index contributed by atoms with van der Waals surface area (Å²) in [5.41, 5.74) is 1.55. The number of likely N-dealkylation sites (N-methyl/N-ethyl adjacent to an activating group) is 2. The maximum Gasteiger partial charge on any atom is 0.281 e. The largest absolute Gasteiger partial charge is 0.497 e. The third kappa shape index (κ3) is 5.60. The van der Waals surface area contributed by atoms with Gasteiger partial charge in [0.05, 0.1) is 13.7 Å². The SMILES string of the molecule is CC[NH+](CC(=O)Nc1ccc(OC)cc1)CC(=O)N(C)c1ccccc1. The summed E-state index contributed by atoms with van der Waals surface area (Å²) in [6, 6.07) is 16.6. The molecule has 0 fully saturated rings. The van der Waals surface area contributed by atoms with Crippen LogP contribution in [0.2, 0.25) is 0 Å². The molecule has 2 amide bonds. The molecule has 6 nitrogen and oxygen atoms in total. The summed E-state index contributed by atoms with van der Waals surface area (Å²) in [5, 5.41) is 2.85. The molecule has 0 heterocycles. The number of hydrogen-bond acceptors (Lipinski definition) is 3. The predicted octanol–water partition coefficient (Wildman–Crippen LogP) is 1.20. The van der Waals surface area contributed by atoms with Gasteiger partial charge in [-0.1, -0.05) is 18.2 Å². The second-order valence-corrected chi connectivity index (χ2v) is 6.02. The Balaban J connectivity index is 1.89. The number of carbonyl (C=O) groups excluding carboxylic acids is 2. The number of quaternary nitrogens is 1. The van der Waals surface area contributed by atoms with E-state index in [1.807, 2.05) is 37.3 Å². The Labute approximate surface area is 154 Å². The minimum absolute atomic E-state index is 0.0229. The van der Waals surface area contributed by atoms with Gasteiger partial charge < -0.3 is 19.9 Å². The Bertz CT molecular complexity index is 717. The van der Waals surface area contributed by atoms with Gasteiger partial charge in [0.1, 0.15) is 5.75 Å². The van der Waals surface area contributed by atoms with Crippen LogP contribution in [-0.2, 0) is 9.59 Å². The molecule has 1 unspecified atom stereocenters. The van der Waals surface area contributed by atoms with Gasteiger partial charge in [0, 0.05) is 18.4 Å². The number of ether oxygens (including phenoxy) is 1. The zero-order valence-electron chi connectivity index (χ0n) is 15.5. The third-order valence-corrected chi connectivity index (χ3v) is 4.20. The Hall–Kier alpha value is -2.86. The molecule has 0 aliphatic carbocycles. The van der Waals surface area contributed by atoms with Crippen molar-refractivity contribution in [2.45, 2.75) is 6.92 Å². The standard InChI is InChI=1S/C20H25N3O3/c1-4-23(15-20(25)22(2)17-8-6-5-7-9-17)14-19(24)21-16-10-12-18(26-3)13-11-16/h5-13H,4,14-15H2,1-3H3,(H,21,24)/p+1. The van der Waals surface area contributed by atoms with Crippen molar-refractivity contribution in [1.29, 1.82) is 0 Å². The lowest BCUT2D eigenvalue weighted by molar-refractivity contribution is -0.881. The fraction of sp³-hybridized carbons (Fsp3) is 0.300. The molecule has 2 rings (SSSR count). The number of anilines is 2. The summed E-state index contributed by atoms with van der Waals surface area (Å²) in [4.78, 5) is 27.3. The fourth-order valence-corrected chi connectivity index (χ4v) is 2.55. The molecular formula is C20H26N3O3+. The van der Waals surface area contributed by atoms with Gasteiger partial charge in [-0.2, -0.15) is 0 Å². The highest BCUT2D eigenvalue weighted by Gasteiger charge is 2.20. The summed E-state index contributed by atoms with van der Waals surface area (Å²) < 4.78 is 5.10. The molecule has 1 atom stereocenters. The van der Waals surface area contributed by atoms with Crippen molar-refractivity contribution in [2.75, 3.05) is 44.0 Å². The normalized spacial score (nSPS) is 11.5. The molecule has 0 aromatic heterocycles. The highest BCUT2D eigenvalue weighted by Crippen LogP contribution is 2.14. The van der Waals surface area contributed by atoms with E-state index in [0.29, 0.717) is 12.2 Å². The Morgan fingerprint density at radius 2 is 1.69 bits per heavy atom. The minimum atomic E-state index is -0.123. The molecule has 138 valence electrons. The van der Waals surface area contributed by atoms with Crippen LogP contribution in [0.5, 0.6) is 5.75 Å². The highest BCUT2D eigenvalue weighted by atomic mass is 16.5. The number of nitrogens with zero attached hydrogens (tertiary/aromatic N) is 1. The molecule has 26 heavy (non-hydrogen) atoms. The maximum absolute atomic E-state index is 12.5. The second-order valence-electron chi connectivity index (χ2n) is 6.02. The second kappa shape index (κ2) is 9.58. The van der Waals surface area contributed by atoms with Crippen LogP contribution < -0.4 is 19.9 Å². The number of para-hydroxylation sites is 1. The van der Waals surface area contributed by atoms with Crippen LogP contribution in [0.4, 0.5) is 11.4 Å². The van der Waals surface area contributed by atoms with Gasteiger partial charge in [-0.15, -0.1) is 0 Å².